The summed E-state index contributed by atoms with van der Waals surface area (Å²) in [6, 6.07) is 0. The van der Waals surface area contributed by atoms with Gasteiger partial charge >= 0.3 is 5.69 Å². The zero-order valence-electron chi connectivity index (χ0n) is 15.7. The van der Waals surface area contributed by atoms with Crippen LogP contribution in [0.1, 0.15) is 38.5 Å². The Bertz CT molecular complexity index is 968. The molecule has 3 heterocycles. The van der Waals surface area contributed by atoms with Crippen LogP contribution in [0.2, 0.25) is 0 Å². The second-order valence-electron chi connectivity index (χ2n) is 8.32. The lowest BCUT2D eigenvalue weighted by molar-refractivity contribution is -0.183. The van der Waals surface area contributed by atoms with Crippen LogP contribution in [0, 0.1) is 11.8 Å². The van der Waals surface area contributed by atoms with E-state index in [4.69, 9.17) is 9.47 Å². The van der Waals surface area contributed by atoms with E-state index in [-0.39, 0.29) is 17.2 Å². The number of aryl methyl sites for hydroxylation is 1. The van der Waals surface area contributed by atoms with Gasteiger partial charge in [0.15, 0.2) is 17.0 Å². The van der Waals surface area contributed by atoms with E-state index in [9.17, 15) is 9.59 Å². The molecule has 0 bridgehead atoms. The lowest BCUT2D eigenvalue weighted by Crippen LogP contribution is -2.43. The highest BCUT2D eigenvalue weighted by molar-refractivity contribution is 5.69. The van der Waals surface area contributed by atoms with Gasteiger partial charge in [-0.3, -0.25) is 13.9 Å². The maximum atomic E-state index is 13.1. The first-order valence-electron chi connectivity index (χ1n) is 9.99. The molecule has 2 saturated carbocycles. The summed E-state index contributed by atoms with van der Waals surface area (Å²) in [5.74, 6) is 0.499. The third-order valence-corrected chi connectivity index (χ3v) is 6.37. The maximum Gasteiger partial charge on any atom is 0.332 e. The van der Waals surface area contributed by atoms with Crippen molar-refractivity contribution in [2.24, 2.45) is 18.9 Å². The molecule has 0 N–H and O–H groups in total. The molecule has 8 heteroatoms. The van der Waals surface area contributed by atoms with Crippen LogP contribution in [0.15, 0.2) is 15.9 Å². The van der Waals surface area contributed by atoms with E-state index >= 15 is 0 Å². The molecule has 1 spiro atoms. The topological polar surface area (TPSA) is 80.3 Å². The van der Waals surface area contributed by atoms with Gasteiger partial charge in [-0.25, -0.2) is 9.78 Å². The Balaban J connectivity index is 1.44. The van der Waals surface area contributed by atoms with Crippen molar-refractivity contribution in [2.45, 2.75) is 57.4 Å². The minimum atomic E-state index is -0.417. The van der Waals surface area contributed by atoms with Gasteiger partial charge in [-0.15, -0.1) is 0 Å². The SMILES string of the molecule is Cn1c(=O)n(CC2CCC3(CC2)OCCO3)c(=O)c2c1ncn2CC1CC1. The molecule has 2 aromatic heterocycles. The molecule has 2 aromatic rings. The minimum absolute atomic E-state index is 0.208. The second-order valence-corrected chi connectivity index (χ2v) is 8.32. The van der Waals surface area contributed by atoms with E-state index in [0.29, 0.717) is 36.8 Å². The summed E-state index contributed by atoms with van der Waals surface area (Å²) in [6.45, 7) is 2.58. The summed E-state index contributed by atoms with van der Waals surface area (Å²) >= 11 is 0. The molecule has 1 aliphatic heterocycles. The molecule has 0 atom stereocenters. The summed E-state index contributed by atoms with van der Waals surface area (Å²) < 4.78 is 16.4. The first-order chi connectivity index (χ1) is 13.1. The number of ether oxygens (including phenoxy) is 2. The van der Waals surface area contributed by atoms with E-state index in [2.05, 4.69) is 4.98 Å². The predicted molar refractivity (Wildman–Crippen MR) is 98.6 cm³/mol. The Hall–Kier alpha value is -1.93. The van der Waals surface area contributed by atoms with Crippen LogP contribution in [0.4, 0.5) is 0 Å². The monoisotopic (exact) mass is 374 g/mol. The van der Waals surface area contributed by atoms with Crippen LogP contribution < -0.4 is 11.2 Å². The number of imidazole rings is 1. The minimum Gasteiger partial charge on any atom is -0.348 e. The van der Waals surface area contributed by atoms with Crippen molar-refractivity contribution in [2.75, 3.05) is 13.2 Å². The molecule has 8 nitrogen and oxygen atoms in total. The van der Waals surface area contributed by atoms with Crippen LogP contribution in [0.5, 0.6) is 0 Å². The number of rotatable bonds is 4. The van der Waals surface area contributed by atoms with E-state index in [1.807, 2.05) is 4.57 Å². The Kier molecular flexibility index (Phi) is 4.01. The van der Waals surface area contributed by atoms with E-state index in [0.717, 1.165) is 32.2 Å². The molecule has 2 aliphatic carbocycles. The third-order valence-electron chi connectivity index (χ3n) is 6.37. The van der Waals surface area contributed by atoms with Gasteiger partial charge < -0.3 is 14.0 Å². The standard InChI is InChI=1S/C19H26N4O4/c1-21-16-15(22(12-20-16)10-13-2-3-13)17(24)23(18(21)25)11-14-4-6-19(7-5-14)26-8-9-27-19/h12-14H,2-11H2,1H3. The van der Waals surface area contributed by atoms with Gasteiger partial charge in [0.1, 0.15) is 0 Å². The molecule has 5 rings (SSSR count). The number of fused-ring (bicyclic) bond motifs is 1. The second kappa shape index (κ2) is 6.31. The predicted octanol–water partition coefficient (Wildman–Crippen LogP) is 1.24. The van der Waals surface area contributed by atoms with Crippen molar-refractivity contribution < 1.29 is 9.47 Å². The summed E-state index contributed by atoms with van der Waals surface area (Å²) in [4.78, 5) is 30.3. The van der Waals surface area contributed by atoms with Gasteiger partial charge in [0.25, 0.3) is 5.56 Å². The number of aromatic nitrogens is 4. The van der Waals surface area contributed by atoms with Gasteiger partial charge in [-0.05, 0) is 37.5 Å². The maximum absolute atomic E-state index is 13.1. The van der Waals surface area contributed by atoms with E-state index in [1.54, 1.807) is 13.4 Å². The van der Waals surface area contributed by atoms with Gasteiger partial charge in [-0.2, -0.15) is 0 Å². The molecule has 0 amide bonds. The fraction of sp³-hybridized carbons (Fsp3) is 0.737. The zero-order valence-corrected chi connectivity index (χ0v) is 15.7. The Labute approximate surface area is 156 Å². The highest BCUT2D eigenvalue weighted by Gasteiger charge is 2.40. The smallest absolute Gasteiger partial charge is 0.332 e. The molecular formula is C19H26N4O4. The Morgan fingerprint density at radius 2 is 1.74 bits per heavy atom. The van der Waals surface area contributed by atoms with Gasteiger partial charge in [0, 0.05) is 33.0 Å². The summed E-state index contributed by atoms with van der Waals surface area (Å²) in [5, 5.41) is 0. The number of hydrogen-bond donors (Lipinski definition) is 0. The largest absolute Gasteiger partial charge is 0.348 e. The third kappa shape index (κ3) is 2.95. The summed E-state index contributed by atoms with van der Waals surface area (Å²) in [6.07, 6.45) is 7.56. The first kappa shape index (κ1) is 17.2. The number of nitrogens with zero attached hydrogens (tertiary/aromatic N) is 4. The van der Waals surface area contributed by atoms with Crippen molar-refractivity contribution in [1.82, 2.24) is 18.7 Å². The fourth-order valence-electron chi connectivity index (χ4n) is 4.54. The van der Waals surface area contributed by atoms with Gasteiger partial charge in [-0.1, -0.05) is 0 Å². The average molecular weight is 374 g/mol. The van der Waals surface area contributed by atoms with Crippen LogP contribution in [-0.4, -0.2) is 37.7 Å². The van der Waals surface area contributed by atoms with Crippen LogP contribution in [-0.2, 0) is 29.6 Å². The molecule has 0 unspecified atom stereocenters. The lowest BCUT2D eigenvalue weighted by Gasteiger charge is -2.35. The Morgan fingerprint density at radius 1 is 1.07 bits per heavy atom. The molecule has 27 heavy (non-hydrogen) atoms. The van der Waals surface area contributed by atoms with Gasteiger partial charge in [0.2, 0.25) is 0 Å². The van der Waals surface area contributed by atoms with Crippen LogP contribution in [0.25, 0.3) is 11.2 Å². The van der Waals surface area contributed by atoms with Crippen molar-refractivity contribution in [3.8, 4) is 0 Å². The molecule has 3 fully saturated rings. The quantitative estimate of drug-likeness (QED) is 0.804. The zero-order chi connectivity index (χ0) is 18.6. The molecule has 1 saturated heterocycles. The van der Waals surface area contributed by atoms with Crippen molar-refractivity contribution in [1.29, 1.82) is 0 Å². The van der Waals surface area contributed by atoms with Crippen molar-refractivity contribution >= 4 is 11.2 Å². The van der Waals surface area contributed by atoms with Crippen LogP contribution in [0.3, 0.4) is 0 Å². The molecule has 3 aliphatic rings. The van der Waals surface area contributed by atoms with Crippen LogP contribution >= 0.6 is 0 Å². The molecule has 0 radical (unpaired) electrons. The molecular weight excluding hydrogens is 348 g/mol. The highest BCUT2D eigenvalue weighted by Crippen LogP contribution is 2.38. The molecule has 146 valence electrons. The van der Waals surface area contributed by atoms with E-state index < -0.39 is 5.79 Å². The lowest BCUT2D eigenvalue weighted by atomic mass is 9.85. The summed E-state index contributed by atoms with van der Waals surface area (Å²) in [7, 11) is 1.70. The van der Waals surface area contributed by atoms with E-state index in [1.165, 1.54) is 22.0 Å². The average Bonchev–Trinajstić information content (AvgIpc) is 3.21. The van der Waals surface area contributed by atoms with Crippen molar-refractivity contribution in [3.63, 3.8) is 0 Å². The molecule has 0 aromatic carbocycles. The number of hydrogen-bond acceptors (Lipinski definition) is 5. The fourth-order valence-corrected chi connectivity index (χ4v) is 4.54. The van der Waals surface area contributed by atoms with Gasteiger partial charge in [0.05, 0.1) is 19.5 Å². The summed E-state index contributed by atoms with van der Waals surface area (Å²) in [5.41, 5.74) is 0.550. The Morgan fingerprint density at radius 3 is 2.41 bits per heavy atom. The normalized spacial score (nSPS) is 22.9. The van der Waals surface area contributed by atoms with Crippen molar-refractivity contribution in [3.05, 3.63) is 27.2 Å². The first-order valence-corrected chi connectivity index (χ1v) is 9.99. The highest BCUT2D eigenvalue weighted by atomic mass is 16.7.